The maximum Gasteiger partial charge on any atom is 0.276 e. The monoisotopic (exact) mass is 401 g/mol. The molecule has 0 unspecified atom stereocenters. The highest BCUT2D eigenvalue weighted by molar-refractivity contribution is 6.30. The summed E-state index contributed by atoms with van der Waals surface area (Å²) in [6.45, 7) is 3.48. The number of halogens is 1. The van der Waals surface area contributed by atoms with Crippen molar-refractivity contribution in [2.45, 2.75) is 32.2 Å². The van der Waals surface area contributed by atoms with E-state index in [0.717, 1.165) is 44.3 Å². The van der Waals surface area contributed by atoms with Crippen LogP contribution >= 0.6 is 11.6 Å². The van der Waals surface area contributed by atoms with Gasteiger partial charge in [-0.15, -0.1) is 5.10 Å². The highest BCUT2D eigenvalue weighted by atomic mass is 35.5. The number of likely N-dealkylation sites (tertiary alicyclic amines) is 2. The van der Waals surface area contributed by atoms with Crippen LogP contribution in [0.1, 0.15) is 41.7 Å². The van der Waals surface area contributed by atoms with Crippen LogP contribution in [0.2, 0.25) is 5.02 Å². The molecule has 2 aliphatic heterocycles. The summed E-state index contributed by atoms with van der Waals surface area (Å²) in [6.07, 6.45) is 5.34. The minimum absolute atomic E-state index is 0.0442. The third-order valence-electron chi connectivity index (χ3n) is 5.56. The van der Waals surface area contributed by atoms with E-state index in [9.17, 15) is 9.59 Å². The smallest absolute Gasteiger partial charge is 0.276 e. The summed E-state index contributed by atoms with van der Waals surface area (Å²) in [6, 6.07) is 7.50. The zero-order valence-corrected chi connectivity index (χ0v) is 16.5. The van der Waals surface area contributed by atoms with Gasteiger partial charge >= 0.3 is 0 Å². The summed E-state index contributed by atoms with van der Waals surface area (Å²) in [5.74, 6) is 0.190. The highest BCUT2D eigenvalue weighted by Gasteiger charge is 2.32. The Hall–Kier alpha value is -2.41. The van der Waals surface area contributed by atoms with Crippen molar-refractivity contribution in [2.24, 2.45) is 5.92 Å². The standard InChI is InChI=1S/C20H24ClN5O2/c21-17-5-3-15(4-6-17)13-26-14-18(22-23-26)20(28)25-11-7-16(8-12-25)19(27)24-9-1-2-10-24/h3-6,14,16H,1-2,7-13H2. The number of aromatic nitrogens is 3. The summed E-state index contributed by atoms with van der Waals surface area (Å²) in [5, 5.41) is 8.80. The molecule has 0 saturated carbocycles. The van der Waals surface area contributed by atoms with E-state index in [-0.39, 0.29) is 17.7 Å². The molecule has 0 radical (unpaired) electrons. The van der Waals surface area contributed by atoms with Crippen molar-refractivity contribution in [1.82, 2.24) is 24.8 Å². The Bertz CT molecular complexity index is 837. The van der Waals surface area contributed by atoms with Gasteiger partial charge in [0.2, 0.25) is 5.91 Å². The number of hydrogen-bond donors (Lipinski definition) is 0. The molecule has 0 bridgehead atoms. The van der Waals surface area contributed by atoms with E-state index in [0.29, 0.717) is 30.4 Å². The van der Waals surface area contributed by atoms with Gasteiger partial charge in [0.05, 0.1) is 12.7 Å². The van der Waals surface area contributed by atoms with Gasteiger partial charge < -0.3 is 9.80 Å². The Balaban J connectivity index is 1.32. The zero-order valence-electron chi connectivity index (χ0n) is 15.8. The lowest BCUT2D eigenvalue weighted by Gasteiger charge is -2.32. The quantitative estimate of drug-likeness (QED) is 0.788. The van der Waals surface area contributed by atoms with Gasteiger partial charge in [-0.25, -0.2) is 4.68 Å². The fourth-order valence-corrected chi connectivity index (χ4v) is 4.06. The minimum Gasteiger partial charge on any atom is -0.342 e. The largest absolute Gasteiger partial charge is 0.342 e. The average molecular weight is 402 g/mol. The van der Waals surface area contributed by atoms with Gasteiger partial charge in [-0.05, 0) is 43.4 Å². The second kappa shape index (κ2) is 8.31. The van der Waals surface area contributed by atoms with Gasteiger partial charge in [0, 0.05) is 37.1 Å². The van der Waals surface area contributed by atoms with Crippen LogP contribution in [-0.4, -0.2) is 62.8 Å². The molecule has 8 heteroatoms. The number of rotatable bonds is 4. The van der Waals surface area contributed by atoms with Gasteiger partial charge in [-0.1, -0.05) is 28.9 Å². The fraction of sp³-hybridized carbons (Fsp3) is 0.500. The SMILES string of the molecule is O=C(c1cn(Cc2ccc(Cl)cc2)nn1)N1CCC(C(=O)N2CCCC2)CC1. The number of amides is 2. The topological polar surface area (TPSA) is 71.3 Å². The van der Waals surface area contributed by atoms with Crippen LogP contribution in [0.5, 0.6) is 0 Å². The Morgan fingerprint density at radius 2 is 1.68 bits per heavy atom. The molecule has 1 aromatic heterocycles. The Morgan fingerprint density at radius 3 is 2.36 bits per heavy atom. The molecular weight excluding hydrogens is 378 g/mol. The van der Waals surface area contributed by atoms with Gasteiger partial charge in [0.1, 0.15) is 0 Å². The van der Waals surface area contributed by atoms with Crippen LogP contribution in [0.3, 0.4) is 0 Å². The van der Waals surface area contributed by atoms with Crippen LogP contribution in [-0.2, 0) is 11.3 Å². The number of carbonyl (C=O) groups is 2. The van der Waals surface area contributed by atoms with Crippen LogP contribution in [0.4, 0.5) is 0 Å². The lowest BCUT2D eigenvalue weighted by atomic mass is 9.95. The van der Waals surface area contributed by atoms with Crippen molar-refractivity contribution < 1.29 is 9.59 Å². The van der Waals surface area contributed by atoms with Gasteiger partial charge in [0.15, 0.2) is 5.69 Å². The first kappa shape index (κ1) is 18.9. The molecular formula is C20H24ClN5O2. The summed E-state index contributed by atoms with van der Waals surface area (Å²) in [5.41, 5.74) is 1.38. The van der Waals surface area contributed by atoms with Crippen molar-refractivity contribution in [1.29, 1.82) is 0 Å². The average Bonchev–Trinajstić information content (AvgIpc) is 3.41. The maximum atomic E-state index is 12.7. The van der Waals surface area contributed by atoms with E-state index in [2.05, 4.69) is 10.3 Å². The second-order valence-electron chi connectivity index (χ2n) is 7.53. The molecule has 2 fully saturated rings. The Morgan fingerprint density at radius 1 is 1.00 bits per heavy atom. The highest BCUT2D eigenvalue weighted by Crippen LogP contribution is 2.23. The molecule has 2 aromatic rings. The molecule has 2 aliphatic rings. The summed E-state index contributed by atoms with van der Waals surface area (Å²) < 4.78 is 1.65. The summed E-state index contributed by atoms with van der Waals surface area (Å²) in [7, 11) is 0. The predicted octanol–water partition coefficient (Wildman–Crippen LogP) is 2.45. The fourth-order valence-electron chi connectivity index (χ4n) is 3.94. The molecule has 0 atom stereocenters. The van der Waals surface area contributed by atoms with E-state index in [1.165, 1.54) is 0 Å². The summed E-state index contributed by atoms with van der Waals surface area (Å²) >= 11 is 5.90. The molecule has 1 aromatic carbocycles. The van der Waals surface area contributed by atoms with Gasteiger partial charge in [0.25, 0.3) is 5.91 Å². The molecule has 0 N–H and O–H groups in total. The van der Waals surface area contributed by atoms with Crippen LogP contribution in [0, 0.1) is 5.92 Å². The molecule has 3 heterocycles. The number of benzene rings is 1. The molecule has 0 spiro atoms. The maximum absolute atomic E-state index is 12.7. The van der Waals surface area contributed by atoms with E-state index in [4.69, 9.17) is 11.6 Å². The number of carbonyl (C=O) groups excluding carboxylic acids is 2. The number of piperidine rings is 1. The van der Waals surface area contributed by atoms with Crippen LogP contribution < -0.4 is 0 Å². The first-order valence-electron chi connectivity index (χ1n) is 9.83. The van der Waals surface area contributed by atoms with Crippen LogP contribution in [0.15, 0.2) is 30.5 Å². The lowest BCUT2D eigenvalue weighted by Crippen LogP contribution is -2.43. The third-order valence-corrected chi connectivity index (χ3v) is 5.82. The molecule has 4 rings (SSSR count). The van der Waals surface area contributed by atoms with E-state index in [1.54, 1.807) is 15.8 Å². The van der Waals surface area contributed by atoms with Crippen LogP contribution in [0.25, 0.3) is 0 Å². The van der Waals surface area contributed by atoms with E-state index >= 15 is 0 Å². The summed E-state index contributed by atoms with van der Waals surface area (Å²) in [4.78, 5) is 29.0. The van der Waals surface area contributed by atoms with Crippen molar-refractivity contribution in [3.8, 4) is 0 Å². The first-order valence-corrected chi connectivity index (χ1v) is 10.2. The first-order chi connectivity index (χ1) is 13.6. The normalized spacial score (nSPS) is 17.9. The van der Waals surface area contributed by atoms with E-state index in [1.807, 2.05) is 29.2 Å². The molecule has 0 aliphatic carbocycles. The second-order valence-corrected chi connectivity index (χ2v) is 7.96. The van der Waals surface area contributed by atoms with Crippen molar-refractivity contribution in [3.63, 3.8) is 0 Å². The van der Waals surface area contributed by atoms with Crippen molar-refractivity contribution in [3.05, 3.63) is 46.7 Å². The van der Waals surface area contributed by atoms with E-state index < -0.39 is 0 Å². The number of hydrogen-bond acceptors (Lipinski definition) is 4. The molecule has 2 saturated heterocycles. The lowest BCUT2D eigenvalue weighted by molar-refractivity contribution is -0.135. The van der Waals surface area contributed by atoms with Gasteiger partial charge in [-0.3, -0.25) is 9.59 Å². The number of nitrogens with zero attached hydrogens (tertiary/aromatic N) is 5. The third kappa shape index (κ3) is 4.19. The van der Waals surface area contributed by atoms with Crippen molar-refractivity contribution >= 4 is 23.4 Å². The zero-order chi connectivity index (χ0) is 19.5. The Labute approximate surface area is 169 Å². The predicted molar refractivity (Wildman–Crippen MR) is 105 cm³/mol. The van der Waals surface area contributed by atoms with Crippen molar-refractivity contribution in [2.75, 3.05) is 26.2 Å². The molecule has 2 amide bonds. The Kier molecular flexibility index (Phi) is 5.62. The molecule has 148 valence electrons. The van der Waals surface area contributed by atoms with Gasteiger partial charge in [-0.2, -0.15) is 0 Å². The molecule has 28 heavy (non-hydrogen) atoms. The molecule has 7 nitrogen and oxygen atoms in total. The minimum atomic E-state index is -0.116.